The molecule has 0 fully saturated rings. The average Bonchev–Trinajstić information content (AvgIpc) is 2.83. The average molecular weight is 286 g/mol. The van der Waals surface area contributed by atoms with Crippen molar-refractivity contribution in [1.29, 1.82) is 0 Å². The number of carboxylic acid groups (broad SMARTS) is 1. The van der Waals surface area contributed by atoms with Gasteiger partial charge < -0.3 is 14.6 Å². The minimum atomic E-state index is -0.949. The van der Waals surface area contributed by atoms with Gasteiger partial charge in [0, 0.05) is 6.04 Å². The van der Waals surface area contributed by atoms with Crippen LogP contribution in [0.25, 0.3) is 0 Å². The molecule has 0 amide bonds. The maximum Gasteiger partial charge on any atom is 0.325 e. The summed E-state index contributed by atoms with van der Waals surface area (Å²) in [4.78, 5) is 11.4. The molecule has 1 aromatic carbocycles. The molecular formula is C13H16ClNO4. The Bertz CT molecular complexity index is 492. The number of nitrogens with one attached hydrogen (secondary N) is 1. The van der Waals surface area contributed by atoms with E-state index in [0.717, 1.165) is 6.42 Å². The van der Waals surface area contributed by atoms with E-state index in [9.17, 15) is 9.90 Å². The van der Waals surface area contributed by atoms with Crippen molar-refractivity contribution in [3.63, 3.8) is 0 Å². The number of aliphatic carboxylic acids is 1. The molecule has 2 unspecified atom stereocenters. The summed E-state index contributed by atoms with van der Waals surface area (Å²) in [6, 6.07) is 2.53. The third-order valence-corrected chi connectivity index (χ3v) is 3.37. The number of benzene rings is 1. The molecule has 0 bridgehead atoms. The van der Waals surface area contributed by atoms with E-state index in [2.05, 4.69) is 5.32 Å². The van der Waals surface area contributed by atoms with Gasteiger partial charge in [-0.1, -0.05) is 18.5 Å². The predicted molar refractivity (Wildman–Crippen MR) is 70.8 cm³/mol. The molecule has 0 spiro atoms. The van der Waals surface area contributed by atoms with Crippen LogP contribution in [0.2, 0.25) is 5.02 Å². The second kappa shape index (κ2) is 5.67. The fourth-order valence-electron chi connectivity index (χ4n) is 1.87. The highest BCUT2D eigenvalue weighted by atomic mass is 35.5. The molecule has 1 aliphatic rings. The largest absolute Gasteiger partial charge is 0.480 e. The molecule has 0 radical (unpaired) electrons. The lowest BCUT2D eigenvalue weighted by Gasteiger charge is -2.20. The second-order valence-corrected chi connectivity index (χ2v) is 4.89. The molecule has 0 saturated heterocycles. The molecule has 1 aromatic rings. The topological polar surface area (TPSA) is 67.8 Å². The summed E-state index contributed by atoms with van der Waals surface area (Å²) in [5.74, 6) is 0.00743. The van der Waals surface area contributed by atoms with Crippen molar-refractivity contribution in [3.8, 4) is 11.5 Å². The number of carbonyl (C=O) groups is 1. The highest BCUT2D eigenvalue weighted by Gasteiger charge is 2.26. The van der Waals surface area contributed by atoms with Gasteiger partial charge in [0.1, 0.15) is 6.04 Å². The minimum Gasteiger partial charge on any atom is -0.480 e. The normalized spacial score (nSPS) is 16.2. The number of fused-ring (bicyclic) bond motifs is 1. The van der Waals surface area contributed by atoms with Crippen LogP contribution < -0.4 is 14.8 Å². The number of halogens is 1. The Morgan fingerprint density at radius 2 is 2.26 bits per heavy atom. The van der Waals surface area contributed by atoms with Crippen LogP contribution in [0.15, 0.2) is 12.1 Å². The Balaban J connectivity index is 2.32. The van der Waals surface area contributed by atoms with Crippen LogP contribution >= 0.6 is 11.6 Å². The van der Waals surface area contributed by atoms with E-state index in [0.29, 0.717) is 22.1 Å². The summed E-state index contributed by atoms with van der Waals surface area (Å²) in [5, 5.41) is 12.7. The van der Waals surface area contributed by atoms with Gasteiger partial charge in [0.15, 0.2) is 11.5 Å². The van der Waals surface area contributed by atoms with Gasteiger partial charge in [0.25, 0.3) is 0 Å². The van der Waals surface area contributed by atoms with Crippen molar-refractivity contribution in [2.45, 2.75) is 32.4 Å². The first-order valence-corrected chi connectivity index (χ1v) is 6.48. The van der Waals surface area contributed by atoms with E-state index in [1.807, 2.05) is 13.8 Å². The van der Waals surface area contributed by atoms with Crippen LogP contribution in [0.4, 0.5) is 0 Å². The van der Waals surface area contributed by atoms with E-state index in [4.69, 9.17) is 21.1 Å². The van der Waals surface area contributed by atoms with Crippen molar-refractivity contribution in [3.05, 3.63) is 22.7 Å². The van der Waals surface area contributed by atoms with Crippen molar-refractivity contribution < 1.29 is 19.4 Å². The first-order valence-electron chi connectivity index (χ1n) is 6.10. The molecule has 0 aromatic heterocycles. The Hall–Kier alpha value is -1.46. The molecule has 5 nitrogen and oxygen atoms in total. The zero-order valence-corrected chi connectivity index (χ0v) is 11.5. The quantitative estimate of drug-likeness (QED) is 0.870. The Morgan fingerprint density at radius 1 is 1.53 bits per heavy atom. The van der Waals surface area contributed by atoms with Crippen molar-refractivity contribution >= 4 is 17.6 Å². The lowest BCUT2D eigenvalue weighted by Crippen LogP contribution is -2.34. The van der Waals surface area contributed by atoms with Gasteiger partial charge in [0.2, 0.25) is 6.79 Å². The lowest BCUT2D eigenvalue weighted by atomic mass is 10.0. The molecular weight excluding hydrogens is 270 g/mol. The first-order chi connectivity index (χ1) is 9.02. The monoisotopic (exact) mass is 285 g/mol. The number of carboxylic acids is 1. The molecule has 104 valence electrons. The molecule has 2 atom stereocenters. The Kier molecular flexibility index (Phi) is 4.17. The van der Waals surface area contributed by atoms with Gasteiger partial charge in [-0.25, -0.2) is 0 Å². The van der Waals surface area contributed by atoms with E-state index in [1.165, 1.54) is 0 Å². The van der Waals surface area contributed by atoms with Crippen LogP contribution in [-0.4, -0.2) is 23.9 Å². The smallest absolute Gasteiger partial charge is 0.325 e. The van der Waals surface area contributed by atoms with Gasteiger partial charge in [0.05, 0.1) is 5.02 Å². The minimum absolute atomic E-state index is 0.0882. The molecule has 1 heterocycles. The van der Waals surface area contributed by atoms with Crippen LogP contribution in [0.5, 0.6) is 11.5 Å². The third kappa shape index (κ3) is 2.93. The molecule has 6 heteroatoms. The molecule has 0 saturated carbocycles. The van der Waals surface area contributed by atoms with E-state index >= 15 is 0 Å². The number of rotatable bonds is 5. The summed E-state index contributed by atoms with van der Waals surface area (Å²) in [5.41, 5.74) is 0.557. The van der Waals surface area contributed by atoms with Gasteiger partial charge in [-0.15, -0.1) is 0 Å². The standard InChI is InChI=1S/C13H16ClNO4/c1-3-7(2)15-11(13(16)17)8-4-9(14)12-10(5-8)18-6-19-12/h4-5,7,11,15H,3,6H2,1-2H3,(H,16,17). The summed E-state index contributed by atoms with van der Waals surface area (Å²) in [6.07, 6.45) is 0.835. The number of ether oxygens (including phenoxy) is 2. The predicted octanol–water partition coefficient (Wildman–Crippen LogP) is 2.58. The van der Waals surface area contributed by atoms with Crippen LogP contribution in [0, 0.1) is 0 Å². The zero-order chi connectivity index (χ0) is 14.0. The summed E-state index contributed by atoms with van der Waals surface area (Å²) in [6.45, 7) is 4.03. The highest BCUT2D eigenvalue weighted by Crippen LogP contribution is 2.41. The maximum absolute atomic E-state index is 11.4. The van der Waals surface area contributed by atoms with Crippen molar-refractivity contribution in [1.82, 2.24) is 5.32 Å². The van der Waals surface area contributed by atoms with Crippen LogP contribution in [-0.2, 0) is 4.79 Å². The molecule has 0 aliphatic carbocycles. The summed E-state index contributed by atoms with van der Waals surface area (Å²) in [7, 11) is 0. The second-order valence-electron chi connectivity index (χ2n) is 4.48. The molecule has 2 rings (SSSR count). The van der Waals surface area contributed by atoms with Crippen LogP contribution in [0.3, 0.4) is 0 Å². The summed E-state index contributed by atoms with van der Waals surface area (Å²) < 4.78 is 10.5. The number of hydrogen-bond donors (Lipinski definition) is 2. The van der Waals surface area contributed by atoms with E-state index in [-0.39, 0.29) is 12.8 Å². The Morgan fingerprint density at radius 3 is 2.89 bits per heavy atom. The van der Waals surface area contributed by atoms with Gasteiger partial charge in [-0.2, -0.15) is 0 Å². The Labute approximate surface area is 116 Å². The van der Waals surface area contributed by atoms with Gasteiger partial charge >= 0.3 is 5.97 Å². The third-order valence-electron chi connectivity index (χ3n) is 3.09. The molecule has 1 aliphatic heterocycles. The lowest BCUT2D eigenvalue weighted by molar-refractivity contribution is -0.139. The fraction of sp³-hybridized carbons (Fsp3) is 0.462. The van der Waals surface area contributed by atoms with Gasteiger partial charge in [-0.3, -0.25) is 10.1 Å². The first kappa shape index (κ1) is 14.0. The zero-order valence-electron chi connectivity index (χ0n) is 10.8. The highest BCUT2D eigenvalue weighted by molar-refractivity contribution is 6.32. The van der Waals surface area contributed by atoms with Crippen LogP contribution in [0.1, 0.15) is 31.9 Å². The van der Waals surface area contributed by atoms with Crippen molar-refractivity contribution in [2.24, 2.45) is 0 Å². The summed E-state index contributed by atoms with van der Waals surface area (Å²) >= 11 is 6.07. The van der Waals surface area contributed by atoms with E-state index < -0.39 is 12.0 Å². The molecule has 19 heavy (non-hydrogen) atoms. The SMILES string of the molecule is CCC(C)NC(C(=O)O)c1cc(Cl)c2c(c1)OCO2. The van der Waals surface area contributed by atoms with Gasteiger partial charge in [-0.05, 0) is 31.0 Å². The van der Waals surface area contributed by atoms with E-state index in [1.54, 1.807) is 12.1 Å². The maximum atomic E-state index is 11.4. The number of hydrogen-bond acceptors (Lipinski definition) is 4. The fourth-order valence-corrected chi connectivity index (χ4v) is 2.14. The van der Waals surface area contributed by atoms with Crippen molar-refractivity contribution in [2.75, 3.05) is 6.79 Å². The molecule has 2 N–H and O–H groups in total.